The molecule has 36 heavy (non-hydrogen) atoms. The van der Waals surface area contributed by atoms with E-state index in [0.717, 1.165) is 55.6 Å². The highest BCUT2D eigenvalue weighted by atomic mass is 16.5. The molecule has 0 unspecified atom stereocenters. The van der Waals surface area contributed by atoms with Crippen molar-refractivity contribution in [3.05, 3.63) is 108 Å². The molecule has 0 spiro atoms. The van der Waals surface area contributed by atoms with Crippen LogP contribution < -0.4 is 0 Å². The normalized spacial score (nSPS) is 12.6. The predicted molar refractivity (Wildman–Crippen MR) is 149 cm³/mol. The van der Waals surface area contributed by atoms with Crippen LogP contribution in [0.1, 0.15) is 77.0 Å². The molecular weight excluding hydrogens is 444 g/mol. The van der Waals surface area contributed by atoms with Crippen molar-refractivity contribution in [2.75, 3.05) is 19.8 Å². The number of rotatable bonds is 15. The Morgan fingerprint density at radius 3 is 1.44 bits per heavy atom. The molecule has 0 radical (unpaired) electrons. The zero-order valence-electron chi connectivity index (χ0n) is 22.8. The van der Waals surface area contributed by atoms with Crippen molar-refractivity contribution in [2.24, 2.45) is 0 Å². The van der Waals surface area contributed by atoms with E-state index in [2.05, 4.69) is 126 Å². The smallest absolute Gasteiger partial charge is 0.144 e. The molecular formula is C33H44O3. The van der Waals surface area contributed by atoms with E-state index in [1.165, 1.54) is 0 Å². The van der Waals surface area contributed by atoms with E-state index in [1.54, 1.807) is 0 Å². The first-order valence-corrected chi connectivity index (χ1v) is 13.4. The molecule has 0 amide bonds. The minimum atomic E-state index is -0.740. The Balaban J connectivity index is 1.81. The minimum absolute atomic E-state index is 0.238. The zero-order chi connectivity index (χ0) is 25.9. The molecule has 3 aromatic carbocycles. The van der Waals surface area contributed by atoms with Crippen LogP contribution >= 0.6 is 0 Å². The topological polar surface area (TPSA) is 27.7 Å². The Labute approximate surface area is 218 Å². The maximum atomic E-state index is 7.22. The third-order valence-corrected chi connectivity index (χ3v) is 6.66. The van der Waals surface area contributed by atoms with Crippen LogP contribution in [-0.4, -0.2) is 31.0 Å². The Bertz CT molecular complexity index is 900. The van der Waals surface area contributed by atoms with Crippen molar-refractivity contribution in [1.82, 2.24) is 0 Å². The van der Waals surface area contributed by atoms with Gasteiger partial charge in [0, 0.05) is 13.2 Å². The zero-order valence-corrected chi connectivity index (χ0v) is 22.8. The van der Waals surface area contributed by atoms with Gasteiger partial charge in [-0.1, -0.05) is 104 Å². The lowest BCUT2D eigenvalue weighted by atomic mass is 9.79. The lowest BCUT2D eigenvalue weighted by Gasteiger charge is -2.42. The minimum Gasteiger partial charge on any atom is -0.381 e. The molecule has 0 aliphatic rings. The fourth-order valence-corrected chi connectivity index (χ4v) is 4.47. The van der Waals surface area contributed by atoms with Crippen LogP contribution in [-0.2, 0) is 19.8 Å². The third kappa shape index (κ3) is 7.77. The fraction of sp³-hybridized carbons (Fsp3) is 0.455. The summed E-state index contributed by atoms with van der Waals surface area (Å²) in [6.07, 6.45) is 3.91. The molecule has 0 N–H and O–H groups in total. The van der Waals surface area contributed by atoms with E-state index in [1.807, 2.05) is 0 Å². The van der Waals surface area contributed by atoms with E-state index in [4.69, 9.17) is 14.2 Å². The average molecular weight is 489 g/mol. The summed E-state index contributed by atoms with van der Waals surface area (Å²) in [6, 6.07) is 31.6. The van der Waals surface area contributed by atoms with Gasteiger partial charge in [-0.3, -0.25) is 0 Å². The largest absolute Gasteiger partial charge is 0.381 e. The van der Waals surface area contributed by atoms with Gasteiger partial charge < -0.3 is 14.2 Å². The molecule has 0 bridgehead atoms. The molecule has 0 aliphatic heterocycles. The van der Waals surface area contributed by atoms with E-state index in [-0.39, 0.29) is 5.60 Å². The maximum absolute atomic E-state index is 7.22. The van der Waals surface area contributed by atoms with Crippen molar-refractivity contribution >= 4 is 0 Å². The lowest BCUT2D eigenvalue weighted by molar-refractivity contribution is -0.126. The second-order valence-corrected chi connectivity index (χ2v) is 10.7. The van der Waals surface area contributed by atoms with Gasteiger partial charge in [0.1, 0.15) is 5.60 Å². The Morgan fingerprint density at radius 2 is 1.00 bits per heavy atom. The number of hydrogen-bond acceptors (Lipinski definition) is 3. The van der Waals surface area contributed by atoms with Crippen molar-refractivity contribution in [2.45, 2.75) is 77.1 Å². The summed E-state index contributed by atoms with van der Waals surface area (Å²) in [5, 5.41) is 0. The molecule has 3 aromatic rings. The monoisotopic (exact) mass is 488 g/mol. The second-order valence-electron chi connectivity index (χ2n) is 10.7. The first-order chi connectivity index (χ1) is 17.3. The number of hydrogen-bond donors (Lipinski definition) is 0. The van der Waals surface area contributed by atoms with Crippen molar-refractivity contribution < 1.29 is 14.2 Å². The van der Waals surface area contributed by atoms with Crippen molar-refractivity contribution in [3.8, 4) is 0 Å². The van der Waals surface area contributed by atoms with Gasteiger partial charge in [-0.15, -0.1) is 0 Å². The van der Waals surface area contributed by atoms with Crippen LogP contribution in [0.15, 0.2) is 91.0 Å². The standard InChI is InChI=1S/C33H44O3/c1-6-7-25-34-26-23-31(2,3)35-27-24-32(4,5)36-33(28-17-11-8-12-18-28,29-19-13-9-14-20-29)30-21-15-10-16-22-30/h8-22H,6-7,23-27H2,1-5H3. The van der Waals surface area contributed by atoms with Crippen LogP contribution in [0.2, 0.25) is 0 Å². The molecule has 3 rings (SSSR count). The molecule has 0 aromatic heterocycles. The molecule has 0 aliphatic carbocycles. The van der Waals surface area contributed by atoms with Gasteiger partial charge in [0.2, 0.25) is 0 Å². The van der Waals surface area contributed by atoms with Crippen LogP contribution in [0, 0.1) is 0 Å². The van der Waals surface area contributed by atoms with Crippen molar-refractivity contribution in [3.63, 3.8) is 0 Å². The molecule has 194 valence electrons. The molecule has 0 saturated carbocycles. The molecule has 3 heteroatoms. The van der Waals surface area contributed by atoms with Gasteiger partial charge in [0.15, 0.2) is 0 Å². The first-order valence-electron chi connectivity index (χ1n) is 13.4. The second kappa shape index (κ2) is 13.2. The Morgan fingerprint density at radius 1 is 0.556 bits per heavy atom. The third-order valence-electron chi connectivity index (χ3n) is 6.66. The number of ether oxygens (including phenoxy) is 3. The number of benzene rings is 3. The van der Waals surface area contributed by atoms with E-state index in [0.29, 0.717) is 6.61 Å². The molecule has 0 fully saturated rings. The quantitative estimate of drug-likeness (QED) is 0.159. The summed E-state index contributed by atoms with van der Waals surface area (Å²) in [5.74, 6) is 0. The molecule has 0 saturated heterocycles. The predicted octanol–water partition coefficient (Wildman–Crippen LogP) is 8.17. The molecule has 0 atom stereocenters. The number of unbranched alkanes of at least 4 members (excludes halogenated alkanes) is 1. The first kappa shape index (κ1) is 28.1. The van der Waals surface area contributed by atoms with Gasteiger partial charge in [0.05, 0.1) is 17.8 Å². The highest BCUT2D eigenvalue weighted by molar-refractivity contribution is 5.47. The molecule has 0 heterocycles. The van der Waals surface area contributed by atoms with Crippen LogP contribution in [0.4, 0.5) is 0 Å². The van der Waals surface area contributed by atoms with Gasteiger partial charge in [-0.2, -0.15) is 0 Å². The van der Waals surface area contributed by atoms with Gasteiger partial charge in [0.25, 0.3) is 0 Å². The van der Waals surface area contributed by atoms with E-state index >= 15 is 0 Å². The van der Waals surface area contributed by atoms with Crippen LogP contribution in [0.3, 0.4) is 0 Å². The Kier molecular flexibility index (Phi) is 10.3. The van der Waals surface area contributed by atoms with E-state index in [9.17, 15) is 0 Å². The molecule has 3 nitrogen and oxygen atoms in total. The fourth-order valence-electron chi connectivity index (χ4n) is 4.47. The lowest BCUT2D eigenvalue weighted by Crippen LogP contribution is -2.42. The van der Waals surface area contributed by atoms with E-state index < -0.39 is 11.2 Å². The van der Waals surface area contributed by atoms with Crippen LogP contribution in [0.25, 0.3) is 0 Å². The SMILES string of the molecule is CCCCOCCC(C)(C)OCCC(C)(C)OC(c1ccccc1)(c1ccccc1)c1ccccc1. The highest BCUT2D eigenvalue weighted by Gasteiger charge is 2.42. The Hall–Kier alpha value is -2.46. The summed E-state index contributed by atoms with van der Waals surface area (Å²) in [7, 11) is 0. The summed E-state index contributed by atoms with van der Waals surface area (Å²) in [5.41, 5.74) is 1.91. The van der Waals surface area contributed by atoms with Crippen molar-refractivity contribution in [1.29, 1.82) is 0 Å². The van der Waals surface area contributed by atoms with Crippen LogP contribution in [0.5, 0.6) is 0 Å². The van der Waals surface area contributed by atoms with Gasteiger partial charge in [-0.25, -0.2) is 0 Å². The van der Waals surface area contributed by atoms with Gasteiger partial charge in [-0.05, 0) is 63.6 Å². The van der Waals surface area contributed by atoms with Gasteiger partial charge >= 0.3 is 0 Å². The average Bonchev–Trinajstić information content (AvgIpc) is 2.88. The summed E-state index contributed by atoms with van der Waals surface area (Å²) < 4.78 is 19.3. The maximum Gasteiger partial charge on any atom is 0.144 e. The summed E-state index contributed by atoms with van der Waals surface area (Å²) >= 11 is 0. The summed E-state index contributed by atoms with van der Waals surface area (Å²) in [4.78, 5) is 0. The highest BCUT2D eigenvalue weighted by Crippen LogP contribution is 2.44. The summed E-state index contributed by atoms with van der Waals surface area (Å²) in [6.45, 7) is 13.0.